The molecule has 7 nitrogen and oxygen atoms in total. The van der Waals surface area contributed by atoms with Crippen LogP contribution in [0.1, 0.15) is 18.7 Å². The van der Waals surface area contributed by atoms with E-state index in [-0.39, 0.29) is 0 Å². The van der Waals surface area contributed by atoms with Gasteiger partial charge in [-0.1, -0.05) is 0 Å². The van der Waals surface area contributed by atoms with Crippen molar-refractivity contribution in [3.05, 3.63) is 5.82 Å². The van der Waals surface area contributed by atoms with Crippen LogP contribution in [0.25, 0.3) is 0 Å². The highest BCUT2D eigenvalue weighted by atomic mass is 16.5. The Hall–Kier alpha value is -1.05. The van der Waals surface area contributed by atoms with Crippen LogP contribution in [0.2, 0.25) is 0 Å². The predicted octanol–water partition coefficient (Wildman–Crippen LogP) is -0.589. The van der Waals surface area contributed by atoms with Crippen molar-refractivity contribution in [1.82, 2.24) is 30.4 Å². The lowest BCUT2D eigenvalue weighted by molar-refractivity contribution is 0.190. The molecule has 1 fully saturated rings. The molecule has 0 aliphatic carbocycles. The second-order valence-corrected chi connectivity index (χ2v) is 4.66. The molecule has 1 unspecified atom stereocenters. The number of aromatic nitrogens is 4. The van der Waals surface area contributed by atoms with E-state index in [9.17, 15) is 0 Å². The molecule has 102 valence electrons. The normalized spacial score (nSPS) is 20.7. The Bertz CT molecular complexity index is 355. The van der Waals surface area contributed by atoms with Gasteiger partial charge >= 0.3 is 0 Å². The average Bonchev–Trinajstić information content (AvgIpc) is 2.95. The maximum Gasteiger partial charge on any atom is 0.188 e. The highest BCUT2D eigenvalue weighted by Crippen LogP contribution is 2.17. The van der Waals surface area contributed by atoms with Gasteiger partial charge in [-0.2, -0.15) is 4.80 Å². The van der Waals surface area contributed by atoms with Gasteiger partial charge in [-0.15, -0.1) is 10.2 Å². The molecule has 1 aliphatic heterocycles. The molecule has 1 saturated heterocycles. The number of rotatable bonds is 7. The van der Waals surface area contributed by atoms with Gasteiger partial charge in [0.15, 0.2) is 5.82 Å². The van der Waals surface area contributed by atoms with E-state index in [2.05, 4.69) is 25.6 Å². The first-order chi connectivity index (χ1) is 8.79. The molecule has 0 amide bonds. The number of methoxy groups -OCH3 is 1. The van der Waals surface area contributed by atoms with Gasteiger partial charge in [0, 0.05) is 26.2 Å². The standard InChI is InChI=1S/C11H22N6O/c1-16-14-11(13-15-16)9-17-6-3-4-10(17)8-12-5-7-18-2/h10,12H,3-9H2,1-2H3. The minimum atomic E-state index is 0.575. The maximum atomic E-state index is 5.02. The Labute approximate surface area is 107 Å². The monoisotopic (exact) mass is 254 g/mol. The van der Waals surface area contributed by atoms with Crippen LogP contribution in [0.15, 0.2) is 0 Å². The molecule has 1 atom stereocenters. The van der Waals surface area contributed by atoms with Gasteiger partial charge in [0.05, 0.1) is 20.2 Å². The summed E-state index contributed by atoms with van der Waals surface area (Å²) in [6, 6.07) is 0.575. The largest absolute Gasteiger partial charge is 0.383 e. The summed E-state index contributed by atoms with van der Waals surface area (Å²) < 4.78 is 5.02. The first-order valence-electron chi connectivity index (χ1n) is 6.46. The zero-order valence-electron chi connectivity index (χ0n) is 11.2. The molecule has 2 rings (SSSR count). The van der Waals surface area contributed by atoms with Crippen molar-refractivity contribution in [3.8, 4) is 0 Å². The second kappa shape index (κ2) is 6.77. The van der Waals surface area contributed by atoms with Crippen molar-refractivity contribution in [2.24, 2.45) is 7.05 Å². The number of ether oxygens (including phenoxy) is 1. The zero-order chi connectivity index (χ0) is 12.8. The molecule has 2 heterocycles. The maximum absolute atomic E-state index is 5.02. The lowest BCUT2D eigenvalue weighted by atomic mass is 10.2. The summed E-state index contributed by atoms with van der Waals surface area (Å²) in [7, 11) is 3.52. The van der Waals surface area contributed by atoms with Gasteiger partial charge in [0.25, 0.3) is 0 Å². The lowest BCUT2D eigenvalue weighted by Gasteiger charge is -2.23. The number of tetrazole rings is 1. The number of nitrogens with one attached hydrogen (secondary N) is 1. The summed E-state index contributed by atoms with van der Waals surface area (Å²) in [5.41, 5.74) is 0. The summed E-state index contributed by atoms with van der Waals surface area (Å²) in [6.07, 6.45) is 2.48. The third-order valence-electron chi connectivity index (χ3n) is 3.26. The quantitative estimate of drug-likeness (QED) is 0.656. The fraction of sp³-hybridized carbons (Fsp3) is 0.909. The number of hydrogen-bond donors (Lipinski definition) is 1. The van der Waals surface area contributed by atoms with Gasteiger partial charge in [0.2, 0.25) is 0 Å². The SMILES string of the molecule is COCCNCC1CCCN1Cc1nnn(C)n1. The Morgan fingerprint density at radius 2 is 2.39 bits per heavy atom. The van der Waals surface area contributed by atoms with Gasteiger partial charge in [-0.3, -0.25) is 4.90 Å². The van der Waals surface area contributed by atoms with E-state index < -0.39 is 0 Å². The van der Waals surface area contributed by atoms with Crippen LogP contribution in [0.3, 0.4) is 0 Å². The molecule has 7 heteroatoms. The molecule has 1 N–H and O–H groups in total. The predicted molar refractivity (Wildman–Crippen MR) is 67.0 cm³/mol. The lowest BCUT2D eigenvalue weighted by Crippen LogP contribution is -2.38. The van der Waals surface area contributed by atoms with Crippen molar-refractivity contribution in [3.63, 3.8) is 0 Å². The topological polar surface area (TPSA) is 68.1 Å². The fourth-order valence-electron chi connectivity index (χ4n) is 2.35. The van der Waals surface area contributed by atoms with Crippen LogP contribution in [0.4, 0.5) is 0 Å². The Kier molecular flexibility index (Phi) is 5.03. The minimum absolute atomic E-state index is 0.575. The van der Waals surface area contributed by atoms with E-state index in [4.69, 9.17) is 4.74 Å². The van der Waals surface area contributed by atoms with E-state index >= 15 is 0 Å². The smallest absolute Gasteiger partial charge is 0.188 e. The van der Waals surface area contributed by atoms with E-state index in [1.807, 2.05) is 0 Å². The second-order valence-electron chi connectivity index (χ2n) is 4.66. The van der Waals surface area contributed by atoms with Gasteiger partial charge in [-0.25, -0.2) is 0 Å². The molecular weight excluding hydrogens is 232 g/mol. The van der Waals surface area contributed by atoms with Crippen molar-refractivity contribution >= 4 is 0 Å². The zero-order valence-corrected chi connectivity index (χ0v) is 11.2. The number of hydrogen-bond acceptors (Lipinski definition) is 6. The van der Waals surface area contributed by atoms with Gasteiger partial charge < -0.3 is 10.1 Å². The molecule has 1 aromatic rings. The van der Waals surface area contributed by atoms with Crippen molar-refractivity contribution in [1.29, 1.82) is 0 Å². The fourth-order valence-corrected chi connectivity index (χ4v) is 2.35. The third kappa shape index (κ3) is 3.72. The summed E-state index contributed by atoms with van der Waals surface area (Å²) in [5, 5.41) is 15.6. The van der Waals surface area contributed by atoms with E-state index in [1.165, 1.54) is 17.6 Å². The summed E-state index contributed by atoms with van der Waals surface area (Å²) >= 11 is 0. The number of likely N-dealkylation sites (tertiary alicyclic amines) is 1. The van der Waals surface area contributed by atoms with Crippen LogP contribution in [0, 0.1) is 0 Å². The van der Waals surface area contributed by atoms with Crippen LogP contribution < -0.4 is 5.32 Å². The van der Waals surface area contributed by atoms with Crippen LogP contribution in [-0.2, 0) is 18.3 Å². The molecule has 0 aromatic carbocycles. The first-order valence-corrected chi connectivity index (χ1v) is 6.46. The summed E-state index contributed by atoms with van der Waals surface area (Å²) in [6.45, 7) is 4.59. The highest BCUT2D eigenvalue weighted by molar-refractivity contribution is 4.86. The average molecular weight is 254 g/mol. The molecule has 0 spiro atoms. The highest BCUT2D eigenvalue weighted by Gasteiger charge is 2.25. The molecule has 0 bridgehead atoms. The molecule has 0 saturated carbocycles. The summed E-state index contributed by atoms with van der Waals surface area (Å²) in [4.78, 5) is 3.94. The number of aryl methyl sites for hydroxylation is 1. The van der Waals surface area contributed by atoms with Crippen molar-refractivity contribution < 1.29 is 4.74 Å². The Morgan fingerprint density at radius 3 is 3.11 bits per heavy atom. The third-order valence-corrected chi connectivity index (χ3v) is 3.26. The van der Waals surface area contributed by atoms with E-state index in [1.54, 1.807) is 14.2 Å². The molecule has 1 aromatic heterocycles. The van der Waals surface area contributed by atoms with E-state index in [0.717, 1.165) is 38.6 Å². The van der Waals surface area contributed by atoms with Crippen LogP contribution in [0.5, 0.6) is 0 Å². The van der Waals surface area contributed by atoms with Gasteiger partial charge in [0.1, 0.15) is 0 Å². The molecule has 1 aliphatic rings. The van der Waals surface area contributed by atoms with Crippen LogP contribution >= 0.6 is 0 Å². The molecule has 18 heavy (non-hydrogen) atoms. The minimum Gasteiger partial charge on any atom is -0.383 e. The first kappa shape index (κ1) is 13.4. The van der Waals surface area contributed by atoms with Gasteiger partial charge in [-0.05, 0) is 24.6 Å². The Morgan fingerprint density at radius 1 is 1.50 bits per heavy atom. The molecule has 0 radical (unpaired) electrons. The van der Waals surface area contributed by atoms with Crippen molar-refractivity contribution in [2.45, 2.75) is 25.4 Å². The van der Waals surface area contributed by atoms with Crippen molar-refractivity contribution in [2.75, 3.05) is 33.4 Å². The molecular formula is C11H22N6O. The van der Waals surface area contributed by atoms with E-state index in [0.29, 0.717) is 6.04 Å². The Balaban J connectivity index is 1.76. The summed E-state index contributed by atoms with van der Waals surface area (Å²) in [5.74, 6) is 0.807. The number of nitrogens with zero attached hydrogens (tertiary/aromatic N) is 5. The van der Waals surface area contributed by atoms with Crippen LogP contribution in [-0.4, -0.2) is 64.5 Å².